The Morgan fingerprint density at radius 3 is 2.60 bits per heavy atom. The monoisotopic (exact) mass is 339 g/mol. The van der Waals surface area contributed by atoms with Crippen molar-refractivity contribution in [3.63, 3.8) is 0 Å². The maximum atomic E-state index is 12.2. The van der Waals surface area contributed by atoms with Crippen LogP contribution in [0.25, 0.3) is 0 Å². The molecule has 2 N–H and O–H groups in total. The standard InChI is InChI=1S/C20H25N3O2/c1-15-10-18(13-21-11-15)20(25)22-12-16-2-4-19(5-3-16)23-8-6-17(14-24)7-9-23/h2-5,10-11,13,17,24H,6-9,12,14H2,1H3,(H,22,25). The Morgan fingerprint density at radius 2 is 1.96 bits per heavy atom. The second-order valence-corrected chi connectivity index (χ2v) is 6.71. The average Bonchev–Trinajstić information content (AvgIpc) is 2.66. The van der Waals surface area contributed by atoms with Crippen molar-refractivity contribution in [1.29, 1.82) is 0 Å². The highest BCUT2D eigenvalue weighted by Crippen LogP contribution is 2.23. The summed E-state index contributed by atoms with van der Waals surface area (Å²) in [7, 11) is 0. The lowest BCUT2D eigenvalue weighted by molar-refractivity contribution is 0.0950. The Bertz CT molecular complexity index is 707. The van der Waals surface area contributed by atoms with Crippen LogP contribution in [0.1, 0.15) is 34.3 Å². The largest absolute Gasteiger partial charge is 0.396 e. The van der Waals surface area contributed by atoms with Gasteiger partial charge >= 0.3 is 0 Å². The summed E-state index contributed by atoms with van der Waals surface area (Å²) in [6.07, 6.45) is 5.40. The van der Waals surface area contributed by atoms with Crippen LogP contribution in [0.5, 0.6) is 0 Å². The summed E-state index contributed by atoms with van der Waals surface area (Å²) >= 11 is 0. The first-order valence-corrected chi connectivity index (χ1v) is 8.80. The molecule has 25 heavy (non-hydrogen) atoms. The van der Waals surface area contributed by atoms with Gasteiger partial charge in [0.05, 0.1) is 5.56 Å². The molecule has 0 radical (unpaired) electrons. The molecule has 1 aliphatic rings. The molecule has 1 fully saturated rings. The van der Waals surface area contributed by atoms with E-state index in [1.807, 2.05) is 13.0 Å². The lowest BCUT2D eigenvalue weighted by Gasteiger charge is -2.33. The summed E-state index contributed by atoms with van der Waals surface area (Å²) in [6, 6.07) is 10.2. The highest BCUT2D eigenvalue weighted by molar-refractivity contribution is 5.93. The van der Waals surface area contributed by atoms with E-state index in [0.29, 0.717) is 24.6 Å². The molecule has 0 bridgehead atoms. The molecule has 3 rings (SSSR count). The van der Waals surface area contributed by atoms with Gasteiger partial charge in [-0.15, -0.1) is 0 Å². The minimum atomic E-state index is -0.105. The molecular formula is C20H25N3O2. The first-order valence-electron chi connectivity index (χ1n) is 8.80. The Hall–Kier alpha value is -2.40. The molecule has 1 aromatic carbocycles. The molecule has 0 aliphatic carbocycles. The number of hydrogen-bond acceptors (Lipinski definition) is 4. The van der Waals surface area contributed by atoms with E-state index in [1.165, 1.54) is 5.69 Å². The Morgan fingerprint density at radius 1 is 1.24 bits per heavy atom. The number of aromatic nitrogens is 1. The Balaban J connectivity index is 1.53. The third-order valence-corrected chi connectivity index (χ3v) is 4.76. The van der Waals surface area contributed by atoms with Gasteiger partial charge in [0.1, 0.15) is 0 Å². The number of hydrogen-bond donors (Lipinski definition) is 2. The van der Waals surface area contributed by atoms with Crippen LogP contribution in [-0.4, -0.2) is 35.7 Å². The van der Waals surface area contributed by atoms with Crippen LogP contribution in [0.2, 0.25) is 0 Å². The number of aryl methyl sites for hydroxylation is 1. The SMILES string of the molecule is Cc1cncc(C(=O)NCc2ccc(N3CCC(CO)CC3)cc2)c1. The lowest BCUT2D eigenvalue weighted by Crippen LogP contribution is -2.34. The first-order chi connectivity index (χ1) is 12.2. The van der Waals surface area contributed by atoms with E-state index in [4.69, 9.17) is 0 Å². The molecule has 1 aliphatic heterocycles. The molecule has 132 valence electrons. The maximum absolute atomic E-state index is 12.2. The number of pyridine rings is 1. The van der Waals surface area contributed by atoms with Crippen molar-refractivity contribution in [3.05, 3.63) is 59.4 Å². The number of amides is 1. The maximum Gasteiger partial charge on any atom is 0.253 e. The van der Waals surface area contributed by atoms with Crippen LogP contribution >= 0.6 is 0 Å². The van der Waals surface area contributed by atoms with Gasteiger partial charge in [0.15, 0.2) is 0 Å². The highest BCUT2D eigenvalue weighted by Gasteiger charge is 2.18. The van der Waals surface area contributed by atoms with Gasteiger partial charge in [-0.05, 0) is 55.0 Å². The minimum Gasteiger partial charge on any atom is -0.396 e. The molecular weight excluding hydrogens is 314 g/mol. The van der Waals surface area contributed by atoms with Crippen LogP contribution < -0.4 is 10.2 Å². The van der Waals surface area contributed by atoms with Crippen LogP contribution in [0.15, 0.2) is 42.7 Å². The Labute approximate surface area is 148 Å². The molecule has 2 aromatic rings. The number of carbonyl (C=O) groups is 1. The van der Waals surface area contributed by atoms with Gasteiger partial charge in [0.2, 0.25) is 0 Å². The number of anilines is 1. The van der Waals surface area contributed by atoms with Crippen LogP contribution in [0.4, 0.5) is 5.69 Å². The average molecular weight is 339 g/mol. The zero-order valence-corrected chi connectivity index (χ0v) is 14.6. The molecule has 2 heterocycles. The summed E-state index contributed by atoms with van der Waals surface area (Å²) in [6.45, 7) is 4.69. The number of aliphatic hydroxyl groups excluding tert-OH is 1. The van der Waals surface area contributed by atoms with E-state index in [-0.39, 0.29) is 5.91 Å². The van der Waals surface area contributed by atoms with Crippen molar-refractivity contribution in [2.45, 2.75) is 26.3 Å². The third kappa shape index (κ3) is 4.57. The molecule has 0 saturated carbocycles. The van der Waals surface area contributed by atoms with Crippen LogP contribution in [0, 0.1) is 12.8 Å². The fourth-order valence-corrected chi connectivity index (χ4v) is 3.16. The van der Waals surface area contributed by atoms with Crippen molar-refractivity contribution >= 4 is 11.6 Å². The molecule has 5 nitrogen and oxygen atoms in total. The van der Waals surface area contributed by atoms with E-state index in [2.05, 4.69) is 39.5 Å². The van der Waals surface area contributed by atoms with E-state index < -0.39 is 0 Å². The molecule has 1 aromatic heterocycles. The first kappa shape index (κ1) is 17.4. The van der Waals surface area contributed by atoms with E-state index >= 15 is 0 Å². The molecule has 0 atom stereocenters. The number of benzene rings is 1. The summed E-state index contributed by atoms with van der Waals surface area (Å²) in [5.41, 5.74) is 3.84. The van der Waals surface area contributed by atoms with Crippen LogP contribution in [-0.2, 0) is 6.54 Å². The van der Waals surface area contributed by atoms with Crippen molar-refractivity contribution < 1.29 is 9.90 Å². The summed E-state index contributed by atoms with van der Waals surface area (Å²) in [5, 5.41) is 12.2. The molecule has 5 heteroatoms. The lowest BCUT2D eigenvalue weighted by atomic mass is 9.97. The van der Waals surface area contributed by atoms with Crippen molar-refractivity contribution in [2.24, 2.45) is 5.92 Å². The molecule has 1 saturated heterocycles. The fourth-order valence-electron chi connectivity index (χ4n) is 3.16. The van der Waals surface area contributed by atoms with Gasteiger partial charge in [0.25, 0.3) is 5.91 Å². The van der Waals surface area contributed by atoms with Gasteiger partial charge in [-0.3, -0.25) is 9.78 Å². The zero-order chi connectivity index (χ0) is 17.6. The van der Waals surface area contributed by atoms with E-state index in [1.54, 1.807) is 12.4 Å². The van der Waals surface area contributed by atoms with E-state index in [9.17, 15) is 9.90 Å². The Kier molecular flexibility index (Phi) is 5.66. The quantitative estimate of drug-likeness (QED) is 0.878. The fraction of sp³-hybridized carbons (Fsp3) is 0.400. The zero-order valence-electron chi connectivity index (χ0n) is 14.6. The summed E-state index contributed by atoms with van der Waals surface area (Å²) in [4.78, 5) is 18.6. The van der Waals surface area contributed by atoms with Gasteiger partial charge < -0.3 is 15.3 Å². The second-order valence-electron chi connectivity index (χ2n) is 6.71. The number of nitrogens with one attached hydrogen (secondary N) is 1. The second kappa shape index (κ2) is 8.12. The minimum absolute atomic E-state index is 0.105. The van der Waals surface area contributed by atoms with Gasteiger partial charge in [0, 0.05) is 44.3 Å². The summed E-state index contributed by atoms with van der Waals surface area (Å²) in [5.74, 6) is 0.341. The predicted molar refractivity (Wildman–Crippen MR) is 98.6 cm³/mol. The topological polar surface area (TPSA) is 65.5 Å². The molecule has 0 unspecified atom stereocenters. The molecule has 1 amide bonds. The van der Waals surface area contributed by atoms with Gasteiger partial charge in [-0.1, -0.05) is 12.1 Å². The normalized spacial score (nSPS) is 15.2. The van der Waals surface area contributed by atoms with Crippen molar-refractivity contribution in [1.82, 2.24) is 10.3 Å². The van der Waals surface area contributed by atoms with E-state index in [0.717, 1.165) is 37.1 Å². The number of carbonyl (C=O) groups excluding carboxylic acids is 1. The van der Waals surface area contributed by atoms with Gasteiger partial charge in [-0.25, -0.2) is 0 Å². The molecule has 0 spiro atoms. The number of rotatable bonds is 5. The highest BCUT2D eigenvalue weighted by atomic mass is 16.3. The number of aliphatic hydroxyl groups is 1. The number of nitrogens with zero attached hydrogens (tertiary/aromatic N) is 2. The number of piperidine rings is 1. The van der Waals surface area contributed by atoms with Crippen LogP contribution in [0.3, 0.4) is 0 Å². The van der Waals surface area contributed by atoms with Crippen molar-refractivity contribution in [2.75, 3.05) is 24.6 Å². The smallest absolute Gasteiger partial charge is 0.253 e. The third-order valence-electron chi connectivity index (χ3n) is 4.76. The summed E-state index contributed by atoms with van der Waals surface area (Å²) < 4.78 is 0. The van der Waals surface area contributed by atoms with Gasteiger partial charge in [-0.2, -0.15) is 0 Å². The predicted octanol–water partition coefficient (Wildman–Crippen LogP) is 2.53. The van der Waals surface area contributed by atoms with Crippen molar-refractivity contribution in [3.8, 4) is 0 Å².